The van der Waals surface area contributed by atoms with Gasteiger partial charge >= 0.3 is 0 Å². The third-order valence-corrected chi connectivity index (χ3v) is 3.74. The number of H-pyrrole nitrogens is 1. The summed E-state index contributed by atoms with van der Waals surface area (Å²) in [6.07, 6.45) is 4.55. The monoisotopic (exact) mass is 302 g/mol. The lowest BCUT2D eigenvalue weighted by atomic mass is 9.96. The smallest absolute Gasteiger partial charge is 0.0522 e. The van der Waals surface area contributed by atoms with E-state index in [-0.39, 0.29) is 0 Å². The molecule has 0 radical (unpaired) electrons. The topological polar surface area (TPSA) is 28.7 Å². The molecule has 0 saturated carbocycles. The molecule has 2 nitrogen and oxygen atoms in total. The van der Waals surface area contributed by atoms with Crippen LogP contribution < -0.4 is 0 Å². The molecule has 20 heavy (non-hydrogen) atoms. The van der Waals surface area contributed by atoms with Crippen LogP contribution in [0.5, 0.6) is 0 Å². The fourth-order valence-electron chi connectivity index (χ4n) is 2.24. The Labute approximate surface area is 127 Å². The molecule has 0 spiro atoms. The minimum absolute atomic E-state index is 0.645. The predicted octanol–water partition coefficient (Wildman–Crippen LogP) is 4.97. The van der Waals surface area contributed by atoms with Gasteiger partial charge in [0.1, 0.15) is 0 Å². The van der Waals surface area contributed by atoms with Crippen LogP contribution in [-0.4, -0.2) is 10.2 Å². The summed E-state index contributed by atoms with van der Waals surface area (Å²) in [5.41, 5.74) is 4.46. The van der Waals surface area contributed by atoms with E-state index in [0.717, 1.165) is 23.1 Å². The van der Waals surface area contributed by atoms with Gasteiger partial charge in [-0.2, -0.15) is 5.10 Å². The zero-order valence-corrected chi connectivity index (χ0v) is 12.1. The van der Waals surface area contributed by atoms with Gasteiger partial charge in [-0.15, -0.1) is 0 Å². The van der Waals surface area contributed by atoms with Gasteiger partial charge in [-0.05, 0) is 28.8 Å². The summed E-state index contributed by atoms with van der Waals surface area (Å²) in [6, 6.07) is 13.8. The summed E-state index contributed by atoms with van der Waals surface area (Å²) >= 11 is 12.3. The third kappa shape index (κ3) is 2.72. The van der Waals surface area contributed by atoms with Crippen molar-refractivity contribution in [1.29, 1.82) is 0 Å². The molecule has 3 aromatic rings. The number of benzene rings is 2. The zero-order chi connectivity index (χ0) is 13.9. The van der Waals surface area contributed by atoms with E-state index in [1.54, 1.807) is 6.07 Å². The summed E-state index contributed by atoms with van der Waals surface area (Å²) in [5, 5.41) is 8.12. The van der Waals surface area contributed by atoms with E-state index in [2.05, 4.69) is 22.3 Å². The van der Waals surface area contributed by atoms with Gasteiger partial charge in [0.2, 0.25) is 0 Å². The zero-order valence-electron chi connectivity index (χ0n) is 10.6. The predicted molar refractivity (Wildman–Crippen MR) is 83.3 cm³/mol. The van der Waals surface area contributed by atoms with Crippen LogP contribution in [0, 0.1) is 0 Å². The number of rotatable bonds is 3. The van der Waals surface area contributed by atoms with Crippen LogP contribution in [0.2, 0.25) is 10.0 Å². The summed E-state index contributed by atoms with van der Waals surface area (Å²) < 4.78 is 0. The van der Waals surface area contributed by atoms with E-state index in [1.165, 1.54) is 5.56 Å². The van der Waals surface area contributed by atoms with Crippen molar-refractivity contribution in [3.05, 3.63) is 76.0 Å². The number of hydrogen-bond donors (Lipinski definition) is 1. The second kappa shape index (κ2) is 5.70. The molecular formula is C16H12Cl2N2. The van der Waals surface area contributed by atoms with Crippen molar-refractivity contribution >= 4 is 23.2 Å². The molecule has 1 heterocycles. The van der Waals surface area contributed by atoms with Crippen molar-refractivity contribution in [2.24, 2.45) is 0 Å². The minimum atomic E-state index is 0.645. The first kappa shape index (κ1) is 13.2. The fourth-order valence-corrected chi connectivity index (χ4v) is 2.75. The largest absolute Gasteiger partial charge is 0.285 e. The van der Waals surface area contributed by atoms with Crippen molar-refractivity contribution in [3.63, 3.8) is 0 Å². The van der Waals surface area contributed by atoms with E-state index < -0.39 is 0 Å². The minimum Gasteiger partial charge on any atom is -0.285 e. The lowest BCUT2D eigenvalue weighted by Gasteiger charge is -2.11. The number of nitrogens with one attached hydrogen (secondary N) is 1. The molecule has 0 fully saturated rings. The first-order chi connectivity index (χ1) is 9.74. The number of aromatic nitrogens is 2. The maximum atomic E-state index is 6.31. The van der Waals surface area contributed by atoms with Gasteiger partial charge in [-0.25, -0.2) is 0 Å². The highest BCUT2D eigenvalue weighted by atomic mass is 35.5. The lowest BCUT2D eigenvalue weighted by Crippen LogP contribution is -1.91. The second-order valence-corrected chi connectivity index (χ2v) is 5.41. The van der Waals surface area contributed by atoms with Crippen LogP contribution in [0.4, 0.5) is 0 Å². The molecule has 0 amide bonds. The van der Waals surface area contributed by atoms with Gasteiger partial charge < -0.3 is 0 Å². The van der Waals surface area contributed by atoms with Crippen LogP contribution in [0.15, 0.2) is 54.9 Å². The molecule has 0 unspecified atom stereocenters. The van der Waals surface area contributed by atoms with Gasteiger partial charge in [0.05, 0.1) is 6.20 Å². The first-order valence-electron chi connectivity index (χ1n) is 6.25. The number of halogens is 2. The highest BCUT2D eigenvalue weighted by Crippen LogP contribution is 2.33. The van der Waals surface area contributed by atoms with E-state index in [4.69, 9.17) is 23.2 Å². The number of nitrogens with zero attached hydrogens (tertiary/aromatic N) is 1. The molecular weight excluding hydrogens is 291 g/mol. The first-order valence-corrected chi connectivity index (χ1v) is 7.00. The Morgan fingerprint density at radius 1 is 1.00 bits per heavy atom. The number of hydrogen-bond acceptors (Lipinski definition) is 1. The SMILES string of the molecule is Clc1ccc(-c2ccccc2Cc2cn[nH]c2)c(Cl)c1. The average molecular weight is 303 g/mol. The van der Waals surface area contributed by atoms with Crippen LogP contribution >= 0.6 is 23.2 Å². The molecule has 0 aliphatic rings. The van der Waals surface area contributed by atoms with Gasteiger partial charge in [-0.1, -0.05) is 53.5 Å². The Balaban J connectivity index is 2.05. The van der Waals surface area contributed by atoms with Crippen molar-refractivity contribution in [2.45, 2.75) is 6.42 Å². The van der Waals surface area contributed by atoms with Crippen molar-refractivity contribution in [3.8, 4) is 11.1 Å². The molecule has 3 rings (SSSR count). The standard InChI is InChI=1S/C16H12Cl2N2/c17-13-5-6-15(16(18)8-13)14-4-2-1-3-12(14)7-11-9-19-20-10-11/h1-6,8-10H,7H2,(H,19,20). The van der Waals surface area contributed by atoms with Crippen molar-refractivity contribution in [1.82, 2.24) is 10.2 Å². The molecule has 0 bridgehead atoms. The Bertz CT molecular complexity index is 721. The van der Waals surface area contributed by atoms with Crippen LogP contribution in [0.25, 0.3) is 11.1 Å². The molecule has 100 valence electrons. The average Bonchev–Trinajstić information content (AvgIpc) is 2.93. The van der Waals surface area contributed by atoms with Crippen LogP contribution in [-0.2, 0) is 6.42 Å². The summed E-state index contributed by atoms with van der Waals surface area (Å²) in [6.45, 7) is 0. The van der Waals surface area contributed by atoms with Crippen molar-refractivity contribution < 1.29 is 0 Å². The molecule has 0 aliphatic heterocycles. The van der Waals surface area contributed by atoms with E-state index >= 15 is 0 Å². The molecule has 0 aliphatic carbocycles. The Kier molecular flexibility index (Phi) is 3.77. The second-order valence-electron chi connectivity index (χ2n) is 4.56. The van der Waals surface area contributed by atoms with E-state index in [0.29, 0.717) is 10.0 Å². The van der Waals surface area contributed by atoms with Crippen molar-refractivity contribution in [2.75, 3.05) is 0 Å². The molecule has 1 N–H and O–H groups in total. The number of aromatic amines is 1. The quantitative estimate of drug-likeness (QED) is 0.726. The highest BCUT2D eigenvalue weighted by Gasteiger charge is 2.09. The molecule has 1 aromatic heterocycles. The maximum absolute atomic E-state index is 6.31. The van der Waals surface area contributed by atoms with Gasteiger partial charge in [0.15, 0.2) is 0 Å². The Hall–Kier alpha value is -1.77. The molecule has 4 heteroatoms. The molecule has 0 atom stereocenters. The van der Waals surface area contributed by atoms with Crippen LogP contribution in [0.1, 0.15) is 11.1 Å². The summed E-state index contributed by atoms with van der Waals surface area (Å²) in [5.74, 6) is 0. The summed E-state index contributed by atoms with van der Waals surface area (Å²) in [7, 11) is 0. The molecule has 0 saturated heterocycles. The highest BCUT2D eigenvalue weighted by molar-refractivity contribution is 6.36. The third-order valence-electron chi connectivity index (χ3n) is 3.19. The maximum Gasteiger partial charge on any atom is 0.0522 e. The van der Waals surface area contributed by atoms with Gasteiger partial charge in [-0.3, -0.25) is 5.10 Å². The Morgan fingerprint density at radius 3 is 2.60 bits per heavy atom. The van der Waals surface area contributed by atoms with Gasteiger partial charge in [0.25, 0.3) is 0 Å². The van der Waals surface area contributed by atoms with E-state index in [1.807, 2.05) is 36.7 Å². The normalized spacial score (nSPS) is 10.7. The van der Waals surface area contributed by atoms with Crippen LogP contribution in [0.3, 0.4) is 0 Å². The van der Waals surface area contributed by atoms with E-state index in [9.17, 15) is 0 Å². The molecule has 2 aromatic carbocycles. The Morgan fingerprint density at radius 2 is 1.85 bits per heavy atom. The fraction of sp³-hybridized carbons (Fsp3) is 0.0625. The summed E-state index contributed by atoms with van der Waals surface area (Å²) in [4.78, 5) is 0. The van der Waals surface area contributed by atoms with Gasteiger partial charge in [0, 0.05) is 28.2 Å². The lowest BCUT2D eigenvalue weighted by molar-refractivity contribution is 1.09.